The zero-order chi connectivity index (χ0) is 9.49. The van der Waals surface area contributed by atoms with Crippen LogP contribution in [0.1, 0.15) is 61.8 Å². The molecule has 0 aromatic heterocycles. The van der Waals surface area contributed by atoms with E-state index in [1.165, 1.54) is 12.0 Å². The van der Waals surface area contributed by atoms with E-state index in [4.69, 9.17) is 0 Å². The van der Waals surface area contributed by atoms with Gasteiger partial charge in [0.2, 0.25) is 0 Å². The largest absolute Gasteiger partial charge is 0.0993 e. The van der Waals surface area contributed by atoms with Gasteiger partial charge in [-0.3, -0.25) is 0 Å². The van der Waals surface area contributed by atoms with Crippen molar-refractivity contribution in [3.05, 3.63) is 12.2 Å². The molecule has 0 spiro atoms. The smallest absolute Gasteiger partial charge is 0.0150 e. The number of hydrogen-bond acceptors (Lipinski definition) is 0. The summed E-state index contributed by atoms with van der Waals surface area (Å²) in [6.07, 6.45) is 2.31. The quantitative estimate of drug-likeness (QED) is 0.522. The van der Waals surface area contributed by atoms with Gasteiger partial charge in [-0.1, -0.05) is 61.1 Å². The summed E-state index contributed by atoms with van der Waals surface area (Å²) in [5.41, 5.74) is 1.72. The normalized spacial score (nSPS) is 9.17. The Morgan fingerprint density at radius 3 is 1.58 bits per heavy atom. The average molecular weight is 172 g/mol. The van der Waals surface area contributed by atoms with Gasteiger partial charge in [-0.15, -0.1) is 0 Å². The van der Waals surface area contributed by atoms with Gasteiger partial charge in [0.15, 0.2) is 0 Å². The summed E-state index contributed by atoms with van der Waals surface area (Å²) in [6.45, 7) is 16.9. The second-order valence-corrected chi connectivity index (χ2v) is 3.19. The van der Waals surface area contributed by atoms with Gasteiger partial charge in [-0.25, -0.2) is 0 Å². The molecule has 0 N–H and O–H groups in total. The molecule has 0 unspecified atom stereocenters. The third kappa shape index (κ3) is 6.45. The Morgan fingerprint density at radius 1 is 1.17 bits per heavy atom. The molecule has 0 fully saturated rings. The minimum Gasteiger partial charge on any atom is -0.0993 e. The molecular weight excluding hydrogens is 144 g/mol. The number of hydrogen-bond donors (Lipinski definition) is 0. The monoisotopic (exact) mass is 172 g/mol. The van der Waals surface area contributed by atoms with Crippen LogP contribution in [0.4, 0.5) is 0 Å². The highest BCUT2D eigenvalue weighted by Crippen LogP contribution is 2.30. The summed E-state index contributed by atoms with van der Waals surface area (Å²) in [5, 5.41) is 0. The molecule has 0 heterocycles. The van der Waals surface area contributed by atoms with Crippen LogP contribution in [0.5, 0.6) is 0 Å². The maximum Gasteiger partial charge on any atom is -0.0150 e. The molecule has 0 atom stereocenters. The fraction of sp³-hybridized carbons (Fsp3) is 0.833. The fourth-order valence-electron chi connectivity index (χ4n) is 0.729. The topological polar surface area (TPSA) is 0 Å². The molecule has 0 aliphatic carbocycles. The molecule has 0 radical (unpaired) electrons. The molecule has 0 aliphatic heterocycles. The Labute approximate surface area is 80.1 Å². The van der Waals surface area contributed by atoms with Crippen molar-refractivity contribution in [3.63, 3.8) is 0 Å². The van der Waals surface area contributed by atoms with Gasteiger partial charge in [0, 0.05) is 0 Å². The van der Waals surface area contributed by atoms with E-state index in [0.717, 1.165) is 6.42 Å². The SMILES string of the molecule is C.C=C(CC)C(C)(C)CC.CC. The zero-order valence-corrected chi connectivity index (χ0v) is 9.12. The highest BCUT2D eigenvalue weighted by molar-refractivity contribution is 5.05. The van der Waals surface area contributed by atoms with Crippen molar-refractivity contribution >= 4 is 0 Å². The van der Waals surface area contributed by atoms with Gasteiger partial charge >= 0.3 is 0 Å². The lowest BCUT2D eigenvalue weighted by atomic mass is 9.81. The fourth-order valence-corrected chi connectivity index (χ4v) is 0.729. The Balaban J connectivity index is -0.000000249. The summed E-state index contributed by atoms with van der Waals surface area (Å²) < 4.78 is 0. The van der Waals surface area contributed by atoms with Crippen molar-refractivity contribution in [1.29, 1.82) is 0 Å². The van der Waals surface area contributed by atoms with Crippen molar-refractivity contribution in [1.82, 2.24) is 0 Å². The molecule has 0 saturated carbocycles. The molecule has 0 bridgehead atoms. The average Bonchev–Trinajstić information content (AvgIpc) is 2.06. The molecule has 0 saturated heterocycles. The standard InChI is InChI=1S/C9H18.C2H6.CH4/c1-6-8(3)9(4,5)7-2;1-2;/h3,6-7H2,1-2,4-5H3;1-2H3;1H4. The highest BCUT2D eigenvalue weighted by Gasteiger charge is 2.16. The minimum absolute atomic E-state index is 0. The van der Waals surface area contributed by atoms with Crippen molar-refractivity contribution in [2.45, 2.75) is 61.8 Å². The van der Waals surface area contributed by atoms with Crippen molar-refractivity contribution in [2.24, 2.45) is 5.41 Å². The summed E-state index contributed by atoms with van der Waals surface area (Å²) in [6, 6.07) is 0. The second-order valence-electron chi connectivity index (χ2n) is 3.19. The molecule has 76 valence electrons. The van der Waals surface area contributed by atoms with Crippen LogP contribution >= 0.6 is 0 Å². The lowest BCUT2D eigenvalue weighted by Gasteiger charge is -2.24. The van der Waals surface area contributed by atoms with Gasteiger partial charge in [0.05, 0.1) is 0 Å². The zero-order valence-electron chi connectivity index (χ0n) is 9.12. The van der Waals surface area contributed by atoms with Gasteiger partial charge in [0.25, 0.3) is 0 Å². The first-order valence-electron chi connectivity index (χ1n) is 4.72. The summed E-state index contributed by atoms with van der Waals surface area (Å²) in [5.74, 6) is 0. The van der Waals surface area contributed by atoms with Crippen LogP contribution in [-0.4, -0.2) is 0 Å². The molecule has 0 amide bonds. The van der Waals surface area contributed by atoms with Crippen molar-refractivity contribution < 1.29 is 0 Å². The molecular formula is C12H28. The van der Waals surface area contributed by atoms with E-state index in [0.29, 0.717) is 5.41 Å². The predicted molar refractivity (Wildman–Crippen MR) is 61.6 cm³/mol. The maximum atomic E-state index is 4.02. The van der Waals surface area contributed by atoms with Gasteiger partial charge in [0.1, 0.15) is 0 Å². The number of rotatable bonds is 3. The van der Waals surface area contributed by atoms with Crippen LogP contribution in [0.2, 0.25) is 0 Å². The lowest BCUT2D eigenvalue weighted by molar-refractivity contribution is 0.419. The number of allylic oxidation sites excluding steroid dienone is 1. The highest BCUT2D eigenvalue weighted by atomic mass is 14.2. The van der Waals surface area contributed by atoms with Crippen LogP contribution in [0.3, 0.4) is 0 Å². The molecule has 0 aromatic rings. The van der Waals surface area contributed by atoms with E-state index in [2.05, 4.69) is 34.3 Å². The molecule has 0 heteroatoms. The third-order valence-electron chi connectivity index (χ3n) is 2.27. The van der Waals surface area contributed by atoms with Gasteiger partial charge in [-0.2, -0.15) is 0 Å². The van der Waals surface area contributed by atoms with Crippen LogP contribution in [0.25, 0.3) is 0 Å². The Morgan fingerprint density at radius 2 is 1.50 bits per heavy atom. The van der Waals surface area contributed by atoms with E-state index >= 15 is 0 Å². The Bertz CT molecular complexity index is 98.6. The first-order chi connectivity index (χ1) is 5.04. The third-order valence-corrected chi connectivity index (χ3v) is 2.27. The molecule has 0 rings (SSSR count). The first kappa shape index (κ1) is 17.7. The van der Waals surface area contributed by atoms with E-state index in [9.17, 15) is 0 Å². The molecule has 0 aliphatic rings. The predicted octanol–water partition coefficient (Wildman–Crippen LogP) is 5.05. The minimum atomic E-state index is 0. The van der Waals surface area contributed by atoms with Gasteiger partial charge < -0.3 is 0 Å². The van der Waals surface area contributed by atoms with Crippen LogP contribution < -0.4 is 0 Å². The van der Waals surface area contributed by atoms with Crippen LogP contribution in [0.15, 0.2) is 12.2 Å². The van der Waals surface area contributed by atoms with Crippen molar-refractivity contribution in [2.75, 3.05) is 0 Å². The van der Waals surface area contributed by atoms with Crippen LogP contribution in [-0.2, 0) is 0 Å². The molecule has 0 aromatic carbocycles. The van der Waals surface area contributed by atoms with E-state index in [-0.39, 0.29) is 7.43 Å². The van der Waals surface area contributed by atoms with Crippen molar-refractivity contribution in [3.8, 4) is 0 Å². The summed E-state index contributed by atoms with van der Waals surface area (Å²) in [7, 11) is 0. The lowest BCUT2D eigenvalue weighted by Crippen LogP contribution is -2.11. The van der Waals surface area contributed by atoms with Crippen LogP contribution in [0, 0.1) is 5.41 Å². The second kappa shape index (κ2) is 8.83. The Hall–Kier alpha value is -0.260. The summed E-state index contributed by atoms with van der Waals surface area (Å²) in [4.78, 5) is 0. The van der Waals surface area contributed by atoms with E-state index in [1.807, 2.05) is 13.8 Å². The molecule has 0 nitrogen and oxygen atoms in total. The first-order valence-corrected chi connectivity index (χ1v) is 4.72. The van der Waals surface area contributed by atoms with Gasteiger partial charge in [-0.05, 0) is 18.3 Å². The summed E-state index contributed by atoms with van der Waals surface area (Å²) >= 11 is 0. The Kier molecular flexibility index (Phi) is 13.0. The van der Waals surface area contributed by atoms with E-state index < -0.39 is 0 Å². The van der Waals surface area contributed by atoms with E-state index in [1.54, 1.807) is 0 Å². The molecule has 12 heavy (non-hydrogen) atoms. The maximum absolute atomic E-state index is 4.02.